The van der Waals surface area contributed by atoms with Gasteiger partial charge in [0.25, 0.3) is 0 Å². The normalized spacial score (nSPS) is 21.1. The maximum absolute atomic E-state index is 10.8. The second kappa shape index (κ2) is 6.56. The number of hydrogen-bond donors (Lipinski definition) is 1. The van der Waals surface area contributed by atoms with Crippen LogP contribution in [0.15, 0.2) is 16.3 Å². The lowest BCUT2D eigenvalue weighted by Crippen LogP contribution is -2.43. The lowest BCUT2D eigenvalue weighted by molar-refractivity contribution is -0.0137. The zero-order valence-corrected chi connectivity index (χ0v) is 11.9. The van der Waals surface area contributed by atoms with Crippen molar-refractivity contribution in [2.75, 3.05) is 32.0 Å². The van der Waals surface area contributed by atoms with Crippen LogP contribution >= 0.6 is 23.1 Å². The van der Waals surface area contributed by atoms with Gasteiger partial charge < -0.3 is 9.84 Å². The van der Waals surface area contributed by atoms with Crippen LogP contribution in [0.25, 0.3) is 0 Å². The van der Waals surface area contributed by atoms with Gasteiger partial charge in [-0.05, 0) is 12.6 Å². The summed E-state index contributed by atoms with van der Waals surface area (Å²) in [7, 11) is 0. The Morgan fingerprint density at radius 3 is 3.22 bits per heavy atom. The molecule has 1 unspecified atom stereocenters. The highest BCUT2D eigenvalue weighted by molar-refractivity contribution is 7.99. The summed E-state index contributed by atoms with van der Waals surface area (Å²) in [5.74, 6) is 0.0321. The first-order valence-electron chi connectivity index (χ1n) is 5.97. The van der Waals surface area contributed by atoms with Crippen LogP contribution in [0.5, 0.6) is 0 Å². The molecule has 0 amide bonds. The fourth-order valence-corrected chi connectivity index (χ4v) is 3.74. The van der Waals surface area contributed by atoms with E-state index in [1.165, 1.54) is 11.3 Å². The molecule has 0 radical (unpaired) electrons. The van der Waals surface area contributed by atoms with E-state index in [-0.39, 0.29) is 6.10 Å². The third kappa shape index (κ3) is 3.71. The van der Waals surface area contributed by atoms with Crippen LogP contribution in [0.4, 0.5) is 0 Å². The third-order valence-corrected chi connectivity index (χ3v) is 5.07. The molecule has 2 rings (SSSR count). The maximum Gasteiger partial charge on any atom is 0.345 e. The van der Waals surface area contributed by atoms with Crippen molar-refractivity contribution in [3.63, 3.8) is 0 Å². The fourth-order valence-electron chi connectivity index (χ4n) is 1.86. The minimum Gasteiger partial charge on any atom is -0.477 e. The Hall–Kier alpha value is -0.560. The van der Waals surface area contributed by atoms with Crippen molar-refractivity contribution < 1.29 is 14.6 Å². The number of aromatic carboxylic acids is 1. The Morgan fingerprint density at radius 2 is 2.56 bits per heavy atom. The van der Waals surface area contributed by atoms with Crippen molar-refractivity contribution in [1.29, 1.82) is 0 Å². The molecule has 18 heavy (non-hydrogen) atoms. The molecule has 0 aromatic carbocycles. The minimum absolute atomic E-state index is 0.247. The van der Waals surface area contributed by atoms with E-state index in [0.717, 1.165) is 36.9 Å². The zero-order valence-electron chi connectivity index (χ0n) is 10.3. The van der Waals surface area contributed by atoms with E-state index in [1.807, 2.05) is 5.38 Å². The van der Waals surface area contributed by atoms with Crippen molar-refractivity contribution in [3.05, 3.63) is 16.3 Å². The molecular weight excluding hydrogens is 270 g/mol. The largest absolute Gasteiger partial charge is 0.477 e. The van der Waals surface area contributed by atoms with Gasteiger partial charge in [0.15, 0.2) is 0 Å². The maximum atomic E-state index is 10.8. The zero-order chi connectivity index (χ0) is 13.0. The standard InChI is InChI=1S/C12H17NO3S2/c1-2-13-3-4-16-9(6-13)7-17-10-5-11(12(14)15)18-8-10/h5,8-9H,2-4,6-7H2,1H3,(H,14,15). The number of hydrogen-bond acceptors (Lipinski definition) is 5. The quantitative estimate of drug-likeness (QED) is 0.842. The summed E-state index contributed by atoms with van der Waals surface area (Å²) < 4.78 is 5.71. The van der Waals surface area contributed by atoms with Crippen LogP contribution < -0.4 is 0 Å². The molecule has 0 bridgehead atoms. The van der Waals surface area contributed by atoms with Gasteiger partial charge in [-0.2, -0.15) is 0 Å². The molecule has 0 saturated carbocycles. The number of thioether (sulfide) groups is 1. The summed E-state index contributed by atoms with van der Waals surface area (Å²) in [5.41, 5.74) is 0. The molecule has 1 aromatic heterocycles. The lowest BCUT2D eigenvalue weighted by atomic mass is 10.3. The van der Waals surface area contributed by atoms with E-state index < -0.39 is 5.97 Å². The number of carboxylic acids is 1. The fraction of sp³-hybridized carbons (Fsp3) is 0.583. The van der Waals surface area contributed by atoms with Crippen LogP contribution in [-0.2, 0) is 4.74 Å². The number of carbonyl (C=O) groups is 1. The van der Waals surface area contributed by atoms with Crippen molar-refractivity contribution in [2.45, 2.75) is 17.9 Å². The molecule has 1 fully saturated rings. The molecular formula is C12H17NO3S2. The van der Waals surface area contributed by atoms with Crippen molar-refractivity contribution >= 4 is 29.1 Å². The molecule has 0 spiro atoms. The molecule has 1 N–H and O–H groups in total. The first-order valence-corrected chi connectivity index (χ1v) is 7.84. The van der Waals surface area contributed by atoms with Gasteiger partial charge in [0, 0.05) is 29.1 Å². The smallest absolute Gasteiger partial charge is 0.345 e. The van der Waals surface area contributed by atoms with Crippen LogP contribution in [-0.4, -0.2) is 54.1 Å². The van der Waals surface area contributed by atoms with Gasteiger partial charge in [-0.25, -0.2) is 4.79 Å². The Morgan fingerprint density at radius 1 is 1.72 bits per heavy atom. The highest BCUT2D eigenvalue weighted by atomic mass is 32.2. The predicted molar refractivity (Wildman–Crippen MR) is 73.9 cm³/mol. The average Bonchev–Trinajstić information content (AvgIpc) is 2.85. The van der Waals surface area contributed by atoms with Crippen LogP contribution in [0, 0.1) is 0 Å². The van der Waals surface area contributed by atoms with Gasteiger partial charge in [-0.15, -0.1) is 23.1 Å². The summed E-state index contributed by atoms with van der Waals surface area (Å²) in [4.78, 5) is 14.6. The van der Waals surface area contributed by atoms with Gasteiger partial charge in [0.2, 0.25) is 0 Å². The van der Waals surface area contributed by atoms with Gasteiger partial charge in [-0.1, -0.05) is 6.92 Å². The SMILES string of the molecule is CCN1CCOC(CSc2csc(C(=O)O)c2)C1. The van der Waals surface area contributed by atoms with E-state index in [1.54, 1.807) is 17.8 Å². The topological polar surface area (TPSA) is 49.8 Å². The summed E-state index contributed by atoms with van der Waals surface area (Å²) >= 11 is 2.95. The summed E-state index contributed by atoms with van der Waals surface area (Å²) in [6.07, 6.45) is 0.247. The highest BCUT2D eigenvalue weighted by Crippen LogP contribution is 2.26. The van der Waals surface area contributed by atoms with Gasteiger partial charge in [-0.3, -0.25) is 4.90 Å². The first kappa shape index (κ1) is 13.9. The molecule has 1 saturated heterocycles. The molecule has 100 valence electrons. The molecule has 2 heterocycles. The molecule has 6 heteroatoms. The molecule has 0 aliphatic carbocycles. The van der Waals surface area contributed by atoms with E-state index in [9.17, 15) is 4.79 Å². The van der Waals surface area contributed by atoms with Crippen LogP contribution in [0.3, 0.4) is 0 Å². The first-order chi connectivity index (χ1) is 8.69. The van der Waals surface area contributed by atoms with Gasteiger partial charge in [0.1, 0.15) is 4.88 Å². The number of thiophene rings is 1. The Bertz CT molecular complexity index is 408. The predicted octanol–water partition coefficient (Wildman–Crippen LogP) is 2.26. The highest BCUT2D eigenvalue weighted by Gasteiger charge is 2.19. The monoisotopic (exact) mass is 287 g/mol. The van der Waals surface area contributed by atoms with Gasteiger partial charge >= 0.3 is 5.97 Å². The van der Waals surface area contributed by atoms with E-state index >= 15 is 0 Å². The third-order valence-electron chi connectivity index (χ3n) is 2.89. The number of carboxylic acid groups (broad SMARTS) is 1. The van der Waals surface area contributed by atoms with Crippen molar-refractivity contribution in [1.82, 2.24) is 4.90 Å². The number of rotatable bonds is 5. The van der Waals surface area contributed by atoms with Crippen molar-refractivity contribution in [2.24, 2.45) is 0 Å². The van der Waals surface area contributed by atoms with Crippen LogP contribution in [0.1, 0.15) is 16.6 Å². The molecule has 1 aromatic rings. The summed E-state index contributed by atoms with van der Waals surface area (Å²) in [6.45, 7) is 6.00. The molecule has 1 atom stereocenters. The van der Waals surface area contributed by atoms with E-state index in [2.05, 4.69) is 11.8 Å². The lowest BCUT2D eigenvalue weighted by Gasteiger charge is -2.31. The van der Waals surface area contributed by atoms with Crippen LogP contribution in [0.2, 0.25) is 0 Å². The molecule has 4 nitrogen and oxygen atoms in total. The number of likely N-dealkylation sites (N-methyl/N-ethyl adjacent to an activating group) is 1. The second-order valence-electron chi connectivity index (χ2n) is 4.15. The average molecular weight is 287 g/mol. The number of ether oxygens (including phenoxy) is 1. The van der Waals surface area contributed by atoms with E-state index in [4.69, 9.17) is 9.84 Å². The second-order valence-corrected chi connectivity index (χ2v) is 6.15. The minimum atomic E-state index is -0.849. The van der Waals surface area contributed by atoms with Crippen molar-refractivity contribution in [3.8, 4) is 0 Å². The molecule has 1 aliphatic rings. The molecule has 1 aliphatic heterocycles. The summed E-state index contributed by atoms with van der Waals surface area (Å²) in [6, 6.07) is 1.73. The number of nitrogens with zero attached hydrogens (tertiary/aromatic N) is 1. The van der Waals surface area contributed by atoms with E-state index in [0.29, 0.717) is 4.88 Å². The summed E-state index contributed by atoms with van der Waals surface area (Å²) in [5, 5.41) is 10.7. The Balaban J connectivity index is 1.81. The Labute approximate surface area is 115 Å². The van der Waals surface area contributed by atoms with Gasteiger partial charge in [0.05, 0.1) is 12.7 Å². The number of morpholine rings is 1. The Kier molecular flexibility index (Phi) is 5.05.